The Labute approximate surface area is 230 Å². The largest absolute Gasteiger partial charge is 0.473 e. The summed E-state index contributed by atoms with van der Waals surface area (Å²) in [6, 6.07) is 5.02. The number of nitrogens with one attached hydrogen (secondary N) is 1. The molecule has 2 aromatic heterocycles. The number of nitriles is 1. The van der Waals surface area contributed by atoms with E-state index in [0.29, 0.717) is 36.5 Å². The first-order valence-electron chi connectivity index (χ1n) is 14.3. The lowest BCUT2D eigenvalue weighted by molar-refractivity contribution is -0.00127. The van der Waals surface area contributed by atoms with Crippen molar-refractivity contribution in [1.82, 2.24) is 19.4 Å². The van der Waals surface area contributed by atoms with E-state index in [1.165, 1.54) is 6.20 Å². The van der Waals surface area contributed by atoms with Gasteiger partial charge in [0.15, 0.2) is 0 Å². The number of unbranched alkanes of at least 4 members (excludes halogenated alkanes) is 1. The molecule has 0 radical (unpaired) electrons. The Balaban J connectivity index is 1.32. The Morgan fingerprint density at radius 2 is 1.90 bits per heavy atom. The van der Waals surface area contributed by atoms with E-state index in [9.17, 15) is 0 Å². The van der Waals surface area contributed by atoms with Crippen LogP contribution in [0.4, 0.5) is 5.95 Å². The van der Waals surface area contributed by atoms with Gasteiger partial charge in [-0.1, -0.05) is 0 Å². The van der Waals surface area contributed by atoms with Crippen molar-refractivity contribution in [3.05, 3.63) is 24.2 Å². The van der Waals surface area contributed by atoms with Crippen LogP contribution in [0.2, 0.25) is 0 Å². The summed E-state index contributed by atoms with van der Waals surface area (Å²) in [5, 5.41) is 12.2. The molecular formula is C28H40N8O3. The molecule has 2 saturated heterocycles. The number of aromatic nitrogens is 3. The number of fused-ring (bicyclic) bond motifs is 1. The lowest BCUT2D eigenvalue weighted by atomic mass is 9.91. The minimum Gasteiger partial charge on any atom is -0.473 e. The van der Waals surface area contributed by atoms with Gasteiger partial charge in [-0.25, -0.2) is 4.98 Å². The van der Waals surface area contributed by atoms with Gasteiger partial charge in [0.2, 0.25) is 11.8 Å². The van der Waals surface area contributed by atoms with Crippen molar-refractivity contribution in [3.8, 4) is 11.9 Å². The van der Waals surface area contributed by atoms with Crippen LogP contribution in [-0.2, 0) is 16.0 Å². The van der Waals surface area contributed by atoms with Gasteiger partial charge in [-0.05, 0) is 51.0 Å². The second-order valence-electron chi connectivity index (χ2n) is 10.4. The van der Waals surface area contributed by atoms with Crippen LogP contribution in [-0.4, -0.2) is 83.4 Å². The summed E-state index contributed by atoms with van der Waals surface area (Å²) < 4.78 is 19.7. The number of allylic oxidation sites excluding steroid dienone is 1. The molecular weight excluding hydrogens is 496 g/mol. The van der Waals surface area contributed by atoms with Crippen LogP contribution in [0.25, 0.3) is 11.0 Å². The highest BCUT2D eigenvalue weighted by Crippen LogP contribution is 2.31. The Bertz CT molecular complexity index is 1170. The Morgan fingerprint density at radius 3 is 2.64 bits per heavy atom. The van der Waals surface area contributed by atoms with E-state index in [1.54, 1.807) is 6.21 Å². The molecule has 11 nitrogen and oxygen atoms in total. The number of ether oxygens (including phenoxy) is 3. The first kappa shape index (κ1) is 27.4. The first-order valence-corrected chi connectivity index (χ1v) is 14.3. The monoisotopic (exact) mass is 536 g/mol. The fourth-order valence-electron chi connectivity index (χ4n) is 5.62. The number of rotatable bonds is 10. The van der Waals surface area contributed by atoms with Gasteiger partial charge in [0.1, 0.15) is 11.6 Å². The summed E-state index contributed by atoms with van der Waals surface area (Å²) in [6.45, 7) is 5.86. The van der Waals surface area contributed by atoms with Crippen LogP contribution in [0.1, 0.15) is 51.4 Å². The van der Waals surface area contributed by atoms with E-state index in [1.807, 2.05) is 12.3 Å². The van der Waals surface area contributed by atoms with E-state index in [0.717, 1.165) is 95.5 Å². The van der Waals surface area contributed by atoms with Crippen molar-refractivity contribution in [1.29, 1.82) is 5.26 Å². The zero-order valence-corrected chi connectivity index (χ0v) is 22.6. The first-order chi connectivity index (χ1) is 19.2. The molecule has 39 heavy (non-hydrogen) atoms. The molecule has 4 heterocycles. The second kappa shape index (κ2) is 13.7. The van der Waals surface area contributed by atoms with Crippen LogP contribution >= 0.6 is 0 Å². The Morgan fingerprint density at radius 1 is 1.13 bits per heavy atom. The van der Waals surface area contributed by atoms with Crippen molar-refractivity contribution in [2.75, 3.05) is 44.8 Å². The smallest absolute Gasteiger partial charge is 0.243 e. The highest BCUT2D eigenvalue weighted by atomic mass is 16.5. The fraction of sp³-hybridized carbons (Fsp3) is 0.643. The van der Waals surface area contributed by atoms with Crippen LogP contribution in [0, 0.1) is 11.3 Å². The van der Waals surface area contributed by atoms with Gasteiger partial charge < -0.3 is 29.8 Å². The number of aliphatic imine (C=N–C) groups is 1. The van der Waals surface area contributed by atoms with Gasteiger partial charge in [0.05, 0.1) is 36.5 Å². The summed E-state index contributed by atoms with van der Waals surface area (Å²) in [5.41, 5.74) is 8.20. The van der Waals surface area contributed by atoms with Crippen LogP contribution in [0.3, 0.4) is 0 Å². The summed E-state index contributed by atoms with van der Waals surface area (Å²) in [4.78, 5) is 16.8. The number of nitrogens with zero attached hydrogens (tertiary/aromatic N) is 6. The summed E-state index contributed by atoms with van der Waals surface area (Å²) in [6.07, 6.45) is 12.6. The zero-order chi connectivity index (χ0) is 26.9. The lowest BCUT2D eigenvalue weighted by Gasteiger charge is -2.38. The molecule has 210 valence electrons. The molecule has 2 aliphatic heterocycles. The number of anilines is 1. The molecule has 5 rings (SSSR count). The van der Waals surface area contributed by atoms with Gasteiger partial charge in [-0.2, -0.15) is 10.2 Å². The van der Waals surface area contributed by atoms with Crippen molar-refractivity contribution in [3.63, 3.8) is 0 Å². The van der Waals surface area contributed by atoms with Gasteiger partial charge in [0.25, 0.3) is 0 Å². The maximum Gasteiger partial charge on any atom is 0.243 e. The standard InChI is InChI=1S/C28H40N8O3/c29-10-1-2-11-36-12-7-25-26(36)27(39-24-5-3-23(4-6-24)35-13-17-38-18-14-35)34-28(33-25)32-22(19-30)20-31-21-8-15-37-16-9-21/h7,12,19-21,23-24H,1-6,8-9,11,13-18,30H2,(H,32,33,34). The van der Waals surface area contributed by atoms with E-state index in [-0.39, 0.29) is 12.1 Å². The quantitative estimate of drug-likeness (QED) is 0.346. The number of nitrogens with two attached hydrogens (primary N) is 1. The molecule has 0 amide bonds. The normalized spacial score (nSPS) is 23.7. The third-order valence-electron chi connectivity index (χ3n) is 7.80. The average Bonchev–Trinajstić information content (AvgIpc) is 3.40. The molecule has 2 aromatic rings. The van der Waals surface area contributed by atoms with Crippen LogP contribution < -0.4 is 15.8 Å². The Kier molecular flexibility index (Phi) is 9.64. The zero-order valence-electron chi connectivity index (χ0n) is 22.6. The maximum atomic E-state index is 9.01. The maximum absolute atomic E-state index is 9.01. The molecule has 0 aromatic carbocycles. The average molecular weight is 537 g/mol. The summed E-state index contributed by atoms with van der Waals surface area (Å²) in [7, 11) is 0. The molecule has 0 spiro atoms. The molecule has 3 N–H and O–H groups in total. The SMILES string of the molecule is N#CCCCn1ccc2nc(NC(C=NC3CCOCC3)=CN)nc(OC3CCC(N4CCOCC4)CC3)c21. The second-order valence-corrected chi connectivity index (χ2v) is 10.4. The number of aryl methyl sites for hydroxylation is 1. The lowest BCUT2D eigenvalue weighted by Crippen LogP contribution is -2.46. The molecule has 11 heteroatoms. The van der Waals surface area contributed by atoms with Crippen molar-refractivity contribution < 1.29 is 14.2 Å². The van der Waals surface area contributed by atoms with Gasteiger partial charge in [-0.15, -0.1) is 0 Å². The van der Waals surface area contributed by atoms with Gasteiger partial charge >= 0.3 is 0 Å². The predicted octanol–water partition coefficient (Wildman–Crippen LogP) is 3.22. The molecule has 0 unspecified atom stereocenters. The fourth-order valence-corrected chi connectivity index (χ4v) is 5.62. The molecule has 1 aliphatic carbocycles. The van der Waals surface area contributed by atoms with Crippen molar-refractivity contribution in [2.45, 2.75) is 76.1 Å². The van der Waals surface area contributed by atoms with E-state index in [4.69, 9.17) is 35.2 Å². The topological polar surface area (TPSA) is 136 Å². The van der Waals surface area contributed by atoms with Gasteiger partial charge in [0, 0.05) is 63.9 Å². The highest BCUT2D eigenvalue weighted by Gasteiger charge is 2.29. The van der Waals surface area contributed by atoms with Crippen LogP contribution in [0.5, 0.6) is 5.88 Å². The molecule has 0 bridgehead atoms. The number of hydrogen-bond acceptors (Lipinski definition) is 10. The highest BCUT2D eigenvalue weighted by molar-refractivity contribution is 5.85. The molecule has 1 saturated carbocycles. The van der Waals surface area contributed by atoms with E-state index >= 15 is 0 Å². The third kappa shape index (κ3) is 7.26. The van der Waals surface area contributed by atoms with Crippen LogP contribution in [0.15, 0.2) is 29.2 Å². The predicted molar refractivity (Wildman–Crippen MR) is 150 cm³/mol. The number of hydrogen-bond donors (Lipinski definition) is 2. The van der Waals surface area contributed by atoms with Crippen molar-refractivity contribution in [2.24, 2.45) is 10.7 Å². The van der Waals surface area contributed by atoms with E-state index in [2.05, 4.69) is 25.8 Å². The minimum atomic E-state index is 0.0929. The minimum absolute atomic E-state index is 0.0929. The Hall–Kier alpha value is -3.20. The molecule has 3 aliphatic rings. The van der Waals surface area contributed by atoms with E-state index < -0.39 is 0 Å². The third-order valence-corrected chi connectivity index (χ3v) is 7.80. The molecule has 0 atom stereocenters. The van der Waals surface area contributed by atoms with Gasteiger partial charge in [-0.3, -0.25) is 9.89 Å². The number of morpholine rings is 1. The summed E-state index contributed by atoms with van der Waals surface area (Å²) >= 11 is 0. The van der Waals surface area contributed by atoms with Crippen molar-refractivity contribution >= 4 is 23.2 Å². The summed E-state index contributed by atoms with van der Waals surface area (Å²) in [5.74, 6) is 0.987. The molecule has 3 fully saturated rings.